The number of hydrogen-bond donors (Lipinski definition) is 1. The Morgan fingerprint density at radius 2 is 1.96 bits per heavy atom. The highest BCUT2D eigenvalue weighted by Gasteiger charge is 2.13. The number of halogens is 2. The number of aromatic nitrogens is 2. The van der Waals surface area contributed by atoms with Crippen LogP contribution in [-0.4, -0.2) is 16.4 Å². The van der Waals surface area contributed by atoms with Crippen molar-refractivity contribution in [2.24, 2.45) is 10.9 Å². The van der Waals surface area contributed by atoms with Gasteiger partial charge in [-0.1, -0.05) is 17.7 Å². The van der Waals surface area contributed by atoms with E-state index in [4.69, 9.17) is 17.5 Å². The van der Waals surface area contributed by atoms with Crippen LogP contribution in [0.5, 0.6) is 0 Å². The minimum absolute atomic E-state index is 0.324. The van der Waals surface area contributed by atoms with Crippen molar-refractivity contribution < 1.29 is 9.23 Å². The number of aliphatic imine (C=N–C) groups is 1. The monoisotopic (exact) mass is 342 g/mol. The average Bonchev–Trinajstić information content (AvgIpc) is 2.62. The molecule has 0 aliphatic carbocycles. The smallest absolute Gasteiger partial charge is 0.202 e. The quantitative estimate of drug-likeness (QED) is 0.439. The summed E-state index contributed by atoms with van der Waals surface area (Å²) >= 11 is 6.00. The Kier molecular flexibility index (Phi) is 4.79. The summed E-state index contributed by atoms with van der Waals surface area (Å²) in [5.41, 5.74) is 2.31. The lowest BCUT2D eigenvalue weighted by molar-refractivity contribution is 0.338. The summed E-state index contributed by atoms with van der Waals surface area (Å²) in [4.78, 5) is 16.7. The predicted molar refractivity (Wildman–Crippen MR) is 91.3 cm³/mol. The highest BCUT2D eigenvalue weighted by molar-refractivity contribution is 6.30. The number of pyridine rings is 2. The zero-order valence-corrected chi connectivity index (χ0v) is 13.1. The van der Waals surface area contributed by atoms with Gasteiger partial charge >= 0.3 is 0 Å². The van der Waals surface area contributed by atoms with E-state index in [1.165, 1.54) is 12.1 Å². The molecule has 2 heterocycles. The summed E-state index contributed by atoms with van der Waals surface area (Å²) in [6.45, 7) is 0. The van der Waals surface area contributed by atoms with E-state index in [9.17, 15) is 4.39 Å². The first-order valence-electron chi connectivity index (χ1n) is 6.94. The molecule has 0 saturated heterocycles. The Balaban J connectivity index is 2.14. The second-order valence-electron chi connectivity index (χ2n) is 4.80. The molecule has 0 aliphatic heterocycles. The number of nitrogens with two attached hydrogens (primary N) is 1. The molecule has 3 rings (SSSR count). The first-order chi connectivity index (χ1) is 11.7. The molecule has 3 aromatic rings. The standard InChI is InChI=1S/C17H12ClFN4O/c18-12-3-4-15(19)14(9-12)17-13(2-1-6-22-17)11-5-7-21-16(8-11)23-10-24-20/h1-10H,20H2/b23-10+. The molecule has 2 aromatic heterocycles. The van der Waals surface area contributed by atoms with Crippen LogP contribution in [0.2, 0.25) is 5.02 Å². The van der Waals surface area contributed by atoms with E-state index in [1.54, 1.807) is 36.7 Å². The van der Waals surface area contributed by atoms with Crippen molar-refractivity contribution in [1.29, 1.82) is 0 Å². The predicted octanol–water partition coefficient (Wildman–Crippen LogP) is 4.15. The lowest BCUT2D eigenvalue weighted by Crippen LogP contribution is -1.94. The van der Waals surface area contributed by atoms with Gasteiger partial charge in [0.25, 0.3) is 0 Å². The SMILES string of the molecule is NO/C=N/c1cc(-c2cccnc2-c2cc(Cl)ccc2F)ccn1. The van der Waals surface area contributed by atoms with Gasteiger partial charge in [-0.2, -0.15) is 10.9 Å². The highest BCUT2D eigenvalue weighted by Crippen LogP contribution is 2.33. The molecule has 0 amide bonds. The third kappa shape index (κ3) is 3.40. The molecule has 1 aromatic carbocycles. The second kappa shape index (κ2) is 7.16. The first kappa shape index (κ1) is 16.0. The number of rotatable bonds is 4. The lowest BCUT2D eigenvalue weighted by atomic mass is 10.00. The molecule has 5 nitrogen and oxygen atoms in total. The second-order valence-corrected chi connectivity index (χ2v) is 5.23. The molecule has 2 N–H and O–H groups in total. The number of hydrogen-bond acceptors (Lipinski definition) is 5. The Morgan fingerprint density at radius 1 is 1.08 bits per heavy atom. The normalized spacial score (nSPS) is 11.0. The summed E-state index contributed by atoms with van der Waals surface area (Å²) in [5, 5.41) is 0.433. The summed E-state index contributed by atoms with van der Waals surface area (Å²) < 4.78 is 14.2. The van der Waals surface area contributed by atoms with Crippen LogP contribution in [0.1, 0.15) is 0 Å². The molecule has 24 heavy (non-hydrogen) atoms. The van der Waals surface area contributed by atoms with E-state index in [0.29, 0.717) is 22.1 Å². The maximum Gasteiger partial charge on any atom is 0.202 e. The maximum absolute atomic E-state index is 14.2. The molecule has 7 heteroatoms. The van der Waals surface area contributed by atoms with E-state index in [2.05, 4.69) is 19.8 Å². The van der Waals surface area contributed by atoms with Gasteiger partial charge in [-0.3, -0.25) is 4.98 Å². The number of nitrogens with zero attached hydrogens (tertiary/aromatic N) is 3. The van der Waals surface area contributed by atoms with E-state index < -0.39 is 5.82 Å². The van der Waals surface area contributed by atoms with Gasteiger partial charge in [0.1, 0.15) is 5.82 Å². The fourth-order valence-electron chi connectivity index (χ4n) is 2.27. The van der Waals surface area contributed by atoms with E-state index in [0.717, 1.165) is 17.5 Å². The molecule has 0 saturated carbocycles. The fourth-order valence-corrected chi connectivity index (χ4v) is 2.44. The molecule has 120 valence electrons. The molecular formula is C17H12ClFN4O. The lowest BCUT2D eigenvalue weighted by Gasteiger charge is -2.10. The van der Waals surface area contributed by atoms with Crippen LogP contribution in [0.4, 0.5) is 10.2 Å². The summed E-state index contributed by atoms with van der Waals surface area (Å²) in [7, 11) is 0. The maximum atomic E-state index is 14.2. The molecule has 0 radical (unpaired) electrons. The Bertz CT molecular complexity index is 901. The van der Waals surface area contributed by atoms with Crippen LogP contribution in [0.25, 0.3) is 22.4 Å². The largest absolute Gasteiger partial charge is 0.399 e. The van der Waals surface area contributed by atoms with Gasteiger partial charge in [0.15, 0.2) is 5.82 Å². The molecule has 0 bridgehead atoms. The van der Waals surface area contributed by atoms with Gasteiger partial charge in [-0.15, -0.1) is 0 Å². The van der Waals surface area contributed by atoms with Crippen LogP contribution >= 0.6 is 11.6 Å². The highest BCUT2D eigenvalue weighted by atomic mass is 35.5. The molecule has 0 unspecified atom stereocenters. The zero-order valence-electron chi connectivity index (χ0n) is 12.4. The van der Waals surface area contributed by atoms with Gasteiger partial charge in [0.2, 0.25) is 6.40 Å². The first-order valence-corrected chi connectivity index (χ1v) is 7.32. The van der Waals surface area contributed by atoms with Crippen molar-refractivity contribution in [3.05, 3.63) is 65.7 Å². The van der Waals surface area contributed by atoms with Crippen LogP contribution < -0.4 is 5.90 Å². The topological polar surface area (TPSA) is 73.4 Å². The molecule has 0 fully saturated rings. The molecule has 0 atom stereocenters. The molecule has 0 aliphatic rings. The summed E-state index contributed by atoms with van der Waals surface area (Å²) in [5.74, 6) is 4.92. The number of benzene rings is 1. The van der Waals surface area contributed by atoms with Gasteiger partial charge in [0, 0.05) is 28.5 Å². The average molecular weight is 343 g/mol. The van der Waals surface area contributed by atoms with E-state index in [1.807, 2.05) is 6.07 Å². The van der Waals surface area contributed by atoms with Crippen molar-refractivity contribution in [2.45, 2.75) is 0 Å². The van der Waals surface area contributed by atoms with Gasteiger partial charge in [0.05, 0.1) is 5.69 Å². The van der Waals surface area contributed by atoms with Gasteiger partial charge in [-0.05, 0) is 42.0 Å². The molecule has 0 spiro atoms. The van der Waals surface area contributed by atoms with Crippen LogP contribution in [0.15, 0.2) is 59.9 Å². The van der Waals surface area contributed by atoms with Gasteiger partial charge in [-0.25, -0.2) is 9.37 Å². The Labute approximate surface area is 142 Å². The Hall–Kier alpha value is -2.83. The van der Waals surface area contributed by atoms with Crippen molar-refractivity contribution >= 4 is 23.8 Å². The summed E-state index contributed by atoms with van der Waals surface area (Å²) in [6, 6.07) is 11.5. The van der Waals surface area contributed by atoms with Crippen molar-refractivity contribution in [3.8, 4) is 22.4 Å². The zero-order chi connectivity index (χ0) is 16.9. The molecular weight excluding hydrogens is 331 g/mol. The fraction of sp³-hybridized carbons (Fsp3) is 0. The van der Waals surface area contributed by atoms with Crippen LogP contribution in [0, 0.1) is 5.82 Å². The van der Waals surface area contributed by atoms with E-state index >= 15 is 0 Å². The van der Waals surface area contributed by atoms with Crippen molar-refractivity contribution in [3.63, 3.8) is 0 Å². The third-order valence-corrected chi connectivity index (χ3v) is 3.53. The minimum atomic E-state index is -0.400. The van der Waals surface area contributed by atoms with Crippen LogP contribution in [0.3, 0.4) is 0 Å². The van der Waals surface area contributed by atoms with Crippen LogP contribution in [-0.2, 0) is 4.84 Å². The Morgan fingerprint density at radius 3 is 2.79 bits per heavy atom. The minimum Gasteiger partial charge on any atom is -0.399 e. The van der Waals surface area contributed by atoms with Crippen molar-refractivity contribution in [1.82, 2.24) is 9.97 Å². The van der Waals surface area contributed by atoms with Gasteiger partial charge < -0.3 is 4.84 Å². The third-order valence-electron chi connectivity index (χ3n) is 3.29. The van der Waals surface area contributed by atoms with Crippen molar-refractivity contribution in [2.75, 3.05) is 0 Å². The summed E-state index contributed by atoms with van der Waals surface area (Å²) in [6.07, 6.45) is 4.26. The van der Waals surface area contributed by atoms with E-state index in [-0.39, 0.29) is 0 Å².